The van der Waals surface area contributed by atoms with Crippen molar-refractivity contribution in [3.63, 3.8) is 0 Å². The van der Waals surface area contributed by atoms with Crippen LogP contribution in [0.25, 0.3) is 0 Å². The van der Waals surface area contributed by atoms with E-state index < -0.39 is 0 Å². The van der Waals surface area contributed by atoms with E-state index in [1.54, 1.807) is 6.07 Å². The zero-order valence-corrected chi connectivity index (χ0v) is 12.9. The highest BCUT2D eigenvalue weighted by molar-refractivity contribution is 9.10. The Labute approximate surface area is 122 Å². The van der Waals surface area contributed by atoms with Crippen molar-refractivity contribution in [1.29, 1.82) is 0 Å². The molecule has 0 spiro atoms. The Balaban J connectivity index is 1.71. The molecule has 2 heterocycles. The van der Waals surface area contributed by atoms with Crippen molar-refractivity contribution < 1.29 is 4.39 Å². The Morgan fingerprint density at radius 2 is 2.16 bits per heavy atom. The number of hydrogen-bond donors (Lipinski definition) is 0. The zero-order chi connectivity index (χ0) is 13.4. The third-order valence-electron chi connectivity index (χ3n) is 4.37. The quantitative estimate of drug-likeness (QED) is 0.823. The maximum absolute atomic E-state index is 13.4. The zero-order valence-electron chi connectivity index (χ0n) is 11.3. The van der Waals surface area contributed by atoms with E-state index in [0.717, 1.165) is 29.7 Å². The molecular weight excluding hydrogens is 307 g/mol. The summed E-state index contributed by atoms with van der Waals surface area (Å²) in [6.45, 7) is 6.66. The molecule has 1 aromatic rings. The van der Waals surface area contributed by atoms with Gasteiger partial charge in [-0.25, -0.2) is 4.39 Å². The fraction of sp³-hybridized carbons (Fsp3) is 0.600. The van der Waals surface area contributed by atoms with Gasteiger partial charge in [-0.3, -0.25) is 9.80 Å². The molecule has 19 heavy (non-hydrogen) atoms. The molecule has 1 aromatic carbocycles. The summed E-state index contributed by atoms with van der Waals surface area (Å²) in [6, 6.07) is 6.46. The lowest BCUT2D eigenvalue weighted by atomic mass is 10.1. The first-order valence-corrected chi connectivity index (χ1v) is 7.84. The summed E-state index contributed by atoms with van der Waals surface area (Å²) in [4.78, 5) is 5.11. The lowest BCUT2D eigenvalue weighted by Gasteiger charge is -2.42. The summed E-state index contributed by atoms with van der Waals surface area (Å²) in [5.41, 5.74) is 1.06. The van der Waals surface area contributed by atoms with Crippen LogP contribution >= 0.6 is 15.9 Å². The number of piperazine rings is 1. The van der Waals surface area contributed by atoms with Crippen molar-refractivity contribution in [3.8, 4) is 0 Å². The van der Waals surface area contributed by atoms with Crippen molar-refractivity contribution in [3.05, 3.63) is 34.1 Å². The fourth-order valence-electron chi connectivity index (χ4n) is 3.40. The molecule has 0 amide bonds. The van der Waals surface area contributed by atoms with E-state index in [0.29, 0.717) is 12.1 Å². The van der Waals surface area contributed by atoms with Gasteiger partial charge in [0, 0.05) is 36.2 Å². The topological polar surface area (TPSA) is 6.48 Å². The minimum absolute atomic E-state index is 0.156. The molecule has 2 unspecified atom stereocenters. The van der Waals surface area contributed by atoms with Crippen LogP contribution in [-0.4, -0.2) is 41.5 Å². The maximum Gasteiger partial charge on any atom is 0.124 e. The smallest absolute Gasteiger partial charge is 0.124 e. The van der Waals surface area contributed by atoms with Crippen LogP contribution < -0.4 is 0 Å². The largest absolute Gasteiger partial charge is 0.298 e. The van der Waals surface area contributed by atoms with Gasteiger partial charge < -0.3 is 0 Å². The van der Waals surface area contributed by atoms with Crippen molar-refractivity contribution in [1.82, 2.24) is 9.80 Å². The first-order chi connectivity index (χ1) is 9.11. The lowest BCUT2D eigenvalue weighted by molar-refractivity contribution is 0.0540. The van der Waals surface area contributed by atoms with Gasteiger partial charge >= 0.3 is 0 Å². The minimum Gasteiger partial charge on any atom is -0.298 e. The predicted molar refractivity (Wildman–Crippen MR) is 78.6 cm³/mol. The average molecular weight is 327 g/mol. The number of fused-ring (bicyclic) bond motifs is 1. The van der Waals surface area contributed by atoms with Crippen molar-refractivity contribution in [2.45, 2.75) is 38.4 Å². The van der Waals surface area contributed by atoms with Crippen molar-refractivity contribution >= 4 is 15.9 Å². The van der Waals surface area contributed by atoms with Crippen LogP contribution in [0.1, 0.15) is 25.3 Å². The van der Waals surface area contributed by atoms with Crippen LogP contribution in [0.5, 0.6) is 0 Å². The van der Waals surface area contributed by atoms with Crippen LogP contribution in [-0.2, 0) is 6.54 Å². The Morgan fingerprint density at radius 3 is 2.95 bits per heavy atom. The van der Waals surface area contributed by atoms with Crippen LogP contribution in [0, 0.1) is 5.82 Å². The fourth-order valence-corrected chi connectivity index (χ4v) is 3.92. The third kappa shape index (κ3) is 3.01. The molecule has 0 aliphatic carbocycles. The Morgan fingerprint density at radius 1 is 1.32 bits per heavy atom. The first kappa shape index (κ1) is 13.5. The molecule has 0 bridgehead atoms. The third-order valence-corrected chi connectivity index (χ3v) is 4.83. The second-order valence-corrected chi connectivity index (χ2v) is 6.76. The van der Waals surface area contributed by atoms with Gasteiger partial charge in [0.25, 0.3) is 0 Å². The van der Waals surface area contributed by atoms with Gasteiger partial charge in [0.05, 0.1) is 0 Å². The van der Waals surface area contributed by atoms with Gasteiger partial charge in [-0.15, -0.1) is 0 Å². The molecule has 2 atom stereocenters. The van der Waals surface area contributed by atoms with Crippen LogP contribution in [0.3, 0.4) is 0 Å². The average Bonchev–Trinajstić information content (AvgIpc) is 2.75. The standard InChI is InChI=1S/C15H20BrFN2/c1-11-8-18-4-2-3-15(18)10-19(11)9-12-5-13(16)7-14(17)6-12/h5-7,11,15H,2-4,8-10H2,1H3. The molecule has 2 saturated heterocycles. The van der Waals surface area contributed by atoms with Gasteiger partial charge in [0.2, 0.25) is 0 Å². The molecule has 0 radical (unpaired) electrons. The summed E-state index contributed by atoms with van der Waals surface area (Å²) in [6.07, 6.45) is 2.65. The molecule has 0 saturated carbocycles. The Hall–Kier alpha value is -0.450. The molecule has 0 N–H and O–H groups in total. The molecule has 3 rings (SSSR count). The van der Waals surface area contributed by atoms with Gasteiger partial charge in [0.1, 0.15) is 5.82 Å². The van der Waals surface area contributed by atoms with Gasteiger partial charge in [0.15, 0.2) is 0 Å². The number of halogens is 2. The SMILES string of the molecule is CC1CN2CCCC2CN1Cc1cc(F)cc(Br)c1. The first-order valence-electron chi connectivity index (χ1n) is 7.05. The summed E-state index contributed by atoms with van der Waals surface area (Å²) in [5, 5.41) is 0. The van der Waals surface area contributed by atoms with E-state index in [9.17, 15) is 4.39 Å². The molecule has 104 valence electrons. The molecule has 4 heteroatoms. The van der Waals surface area contributed by atoms with E-state index >= 15 is 0 Å². The summed E-state index contributed by atoms with van der Waals surface area (Å²) in [7, 11) is 0. The molecule has 2 nitrogen and oxygen atoms in total. The van der Waals surface area contributed by atoms with Crippen molar-refractivity contribution in [2.24, 2.45) is 0 Å². The summed E-state index contributed by atoms with van der Waals surface area (Å²) in [5.74, 6) is -0.156. The molecular formula is C15H20BrFN2. The molecule has 2 aliphatic rings. The molecule has 2 aliphatic heterocycles. The highest BCUT2D eigenvalue weighted by Crippen LogP contribution is 2.26. The van der Waals surface area contributed by atoms with Gasteiger partial charge in [-0.05, 0) is 50.1 Å². The highest BCUT2D eigenvalue weighted by atomic mass is 79.9. The number of rotatable bonds is 2. The van der Waals surface area contributed by atoms with Gasteiger partial charge in [-0.2, -0.15) is 0 Å². The van der Waals surface area contributed by atoms with E-state index in [1.165, 1.54) is 25.5 Å². The molecule has 0 aromatic heterocycles. The number of benzene rings is 1. The predicted octanol–water partition coefficient (Wildman–Crippen LogP) is 3.26. The number of nitrogens with zero attached hydrogens (tertiary/aromatic N) is 2. The number of hydrogen-bond acceptors (Lipinski definition) is 2. The minimum atomic E-state index is -0.156. The van der Waals surface area contributed by atoms with E-state index in [1.807, 2.05) is 6.07 Å². The Kier molecular flexibility index (Phi) is 3.92. The van der Waals surface area contributed by atoms with Crippen molar-refractivity contribution in [2.75, 3.05) is 19.6 Å². The molecule has 2 fully saturated rings. The van der Waals surface area contributed by atoms with Crippen LogP contribution in [0.15, 0.2) is 22.7 Å². The second kappa shape index (κ2) is 5.51. The van der Waals surface area contributed by atoms with Crippen LogP contribution in [0.2, 0.25) is 0 Å². The summed E-state index contributed by atoms with van der Waals surface area (Å²) < 4.78 is 14.3. The maximum atomic E-state index is 13.4. The highest BCUT2D eigenvalue weighted by Gasteiger charge is 2.34. The Bertz CT molecular complexity index is 445. The monoisotopic (exact) mass is 326 g/mol. The lowest BCUT2D eigenvalue weighted by Crippen LogP contribution is -2.54. The van der Waals surface area contributed by atoms with E-state index in [-0.39, 0.29) is 5.82 Å². The van der Waals surface area contributed by atoms with E-state index in [2.05, 4.69) is 32.7 Å². The second-order valence-electron chi connectivity index (χ2n) is 5.85. The van der Waals surface area contributed by atoms with Crippen LogP contribution in [0.4, 0.5) is 4.39 Å². The van der Waals surface area contributed by atoms with Gasteiger partial charge in [-0.1, -0.05) is 15.9 Å². The summed E-state index contributed by atoms with van der Waals surface area (Å²) >= 11 is 3.37. The normalized spacial score (nSPS) is 28.6. The van der Waals surface area contributed by atoms with E-state index in [4.69, 9.17) is 0 Å².